The number of Topliss-reactive ketones (excluding diaryl/α,β-unsaturated/α-hetero) is 1. The second-order valence-corrected chi connectivity index (χ2v) is 3.58. The van der Waals surface area contributed by atoms with E-state index in [0.29, 0.717) is 12.8 Å². The molecule has 84 valence electrons. The summed E-state index contributed by atoms with van der Waals surface area (Å²) in [4.78, 5) is 10.9. The van der Waals surface area contributed by atoms with Crippen molar-refractivity contribution in [3.8, 4) is 5.75 Å². The smallest absolute Gasteiger partial charge is 0.159 e. The fourth-order valence-electron chi connectivity index (χ4n) is 1.52. The molecule has 1 heterocycles. The molecule has 1 aromatic rings. The van der Waals surface area contributed by atoms with Gasteiger partial charge in [0.1, 0.15) is 5.78 Å². The Kier molecular flexibility index (Phi) is 4.34. The van der Waals surface area contributed by atoms with E-state index >= 15 is 0 Å². The number of ether oxygens (including phenoxy) is 1. The third-order valence-corrected chi connectivity index (χ3v) is 2.28. The van der Waals surface area contributed by atoms with E-state index in [-0.39, 0.29) is 5.78 Å². The zero-order valence-corrected chi connectivity index (χ0v) is 9.62. The molecule has 0 amide bonds. The zero-order valence-electron chi connectivity index (χ0n) is 9.62. The van der Waals surface area contributed by atoms with Gasteiger partial charge in [-0.3, -0.25) is 4.68 Å². The largest absolute Gasteiger partial charge is 0.493 e. The van der Waals surface area contributed by atoms with Crippen molar-refractivity contribution in [2.45, 2.75) is 39.7 Å². The second-order valence-electron chi connectivity index (χ2n) is 3.58. The molecule has 0 saturated carbocycles. The van der Waals surface area contributed by atoms with Gasteiger partial charge in [-0.05, 0) is 19.8 Å². The molecule has 1 rings (SSSR count). The number of aryl methyl sites for hydroxylation is 1. The summed E-state index contributed by atoms with van der Waals surface area (Å²) in [5.74, 6) is 0.978. The number of carbonyl (C=O) groups excluding carboxylic acids is 1. The lowest BCUT2D eigenvalue weighted by Gasteiger charge is -2.06. The van der Waals surface area contributed by atoms with E-state index in [2.05, 4.69) is 12.0 Å². The molecule has 0 radical (unpaired) electrons. The number of rotatable bonds is 6. The van der Waals surface area contributed by atoms with Crippen LogP contribution in [0, 0.1) is 0 Å². The molecule has 0 aliphatic carbocycles. The Hall–Kier alpha value is -1.32. The topological polar surface area (TPSA) is 44.1 Å². The summed E-state index contributed by atoms with van der Waals surface area (Å²) < 4.78 is 7.13. The summed E-state index contributed by atoms with van der Waals surface area (Å²) in [6.07, 6.45) is 3.99. The van der Waals surface area contributed by atoms with Crippen LogP contribution >= 0.6 is 0 Å². The molecular formula is C11H18N2O2. The molecular weight excluding hydrogens is 192 g/mol. The molecule has 1 aromatic heterocycles. The number of nitrogens with zero attached hydrogens (tertiary/aromatic N) is 2. The third kappa shape index (κ3) is 3.08. The lowest BCUT2D eigenvalue weighted by Crippen LogP contribution is -2.07. The first-order valence-electron chi connectivity index (χ1n) is 5.27. The summed E-state index contributed by atoms with van der Waals surface area (Å²) in [5, 5.41) is 4.24. The standard InChI is InChI=1S/C11H18N2O2/c1-4-7-13-10(6-5-9(2)14)11(15-3)8-12-13/h8H,4-7H2,1-3H3. The van der Waals surface area contributed by atoms with Gasteiger partial charge in [0, 0.05) is 13.0 Å². The van der Waals surface area contributed by atoms with Gasteiger partial charge in [-0.2, -0.15) is 5.10 Å². The van der Waals surface area contributed by atoms with Crippen LogP contribution in [-0.4, -0.2) is 22.7 Å². The SMILES string of the molecule is CCCn1ncc(OC)c1CCC(C)=O. The first-order chi connectivity index (χ1) is 7.19. The first-order valence-corrected chi connectivity index (χ1v) is 5.27. The van der Waals surface area contributed by atoms with E-state index in [1.807, 2.05) is 4.68 Å². The van der Waals surface area contributed by atoms with Crippen LogP contribution in [0.25, 0.3) is 0 Å². The van der Waals surface area contributed by atoms with Crippen molar-refractivity contribution in [3.05, 3.63) is 11.9 Å². The van der Waals surface area contributed by atoms with Crippen molar-refractivity contribution >= 4 is 5.78 Å². The van der Waals surface area contributed by atoms with Gasteiger partial charge in [0.15, 0.2) is 5.75 Å². The summed E-state index contributed by atoms with van der Waals surface area (Å²) in [6, 6.07) is 0. The second kappa shape index (κ2) is 5.53. The predicted molar refractivity (Wildman–Crippen MR) is 58.1 cm³/mol. The molecule has 0 N–H and O–H groups in total. The van der Waals surface area contributed by atoms with Gasteiger partial charge in [-0.25, -0.2) is 0 Å². The normalized spacial score (nSPS) is 10.3. The van der Waals surface area contributed by atoms with Gasteiger partial charge in [-0.15, -0.1) is 0 Å². The highest BCUT2D eigenvalue weighted by Crippen LogP contribution is 2.19. The van der Waals surface area contributed by atoms with Crippen molar-refractivity contribution in [2.75, 3.05) is 7.11 Å². The van der Waals surface area contributed by atoms with Gasteiger partial charge in [-0.1, -0.05) is 6.92 Å². The van der Waals surface area contributed by atoms with Crippen molar-refractivity contribution in [3.63, 3.8) is 0 Å². The lowest BCUT2D eigenvalue weighted by atomic mass is 10.2. The van der Waals surface area contributed by atoms with Gasteiger partial charge in [0.2, 0.25) is 0 Å². The Morgan fingerprint density at radius 3 is 2.87 bits per heavy atom. The number of aromatic nitrogens is 2. The van der Waals surface area contributed by atoms with Gasteiger partial charge < -0.3 is 9.53 Å². The highest BCUT2D eigenvalue weighted by Gasteiger charge is 2.11. The summed E-state index contributed by atoms with van der Waals surface area (Å²) in [6.45, 7) is 4.58. The van der Waals surface area contributed by atoms with E-state index < -0.39 is 0 Å². The first kappa shape index (κ1) is 11.8. The number of hydrogen-bond acceptors (Lipinski definition) is 3. The Morgan fingerprint density at radius 2 is 2.33 bits per heavy atom. The fraction of sp³-hybridized carbons (Fsp3) is 0.636. The Bertz CT molecular complexity index is 331. The average Bonchev–Trinajstić information content (AvgIpc) is 2.58. The maximum Gasteiger partial charge on any atom is 0.159 e. The Morgan fingerprint density at radius 1 is 1.60 bits per heavy atom. The van der Waals surface area contributed by atoms with Crippen molar-refractivity contribution in [1.82, 2.24) is 9.78 Å². The van der Waals surface area contributed by atoms with E-state index in [9.17, 15) is 4.79 Å². The molecule has 15 heavy (non-hydrogen) atoms. The molecule has 0 fully saturated rings. The van der Waals surface area contributed by atoms with Crippen LogP contribution in [0.2, 0.25) is 0 Å². The molecule has 0 unspecified atom stereocenters. The van der Waals surface area contributed by atoms with Gasteiger partial charge in [0.25, 0.3) is 0 Å². The van der Waals surface area contributed by atoms with E-state index in [1.54, 1.807) is 20.2 Å². The molecule has 4 heteroatoms. The fourth-order valence-corrected chi connectivity index (χ4v) is 1.52. The molecule has 0 aliphatic rings. The highest BCUT2D eigenvalue weighted by molar-refractivity contribution is 5.75. The summed E-state index contributed by atoms with van der Waals surface area (Å²) in [7, 11) is 1.63. The monoisotopic (exact) mass is 210 g/mol. The highest BCUT2D eigenvalue weighted by atomic mass is 16.5. The average molecular weight is 210 g/mol. The Labute approximate surface area is 90.2 Å². The van der Waals surface area contributed by atoms with Gasteiger partial charge >= 0.3 is 0 Å². The van der Waals surface area contributed by atoms with Crippen LogP contribution in [0.1, 0.15) is 32.4 Å². The summed E-state index contributed by atoms with van der Waals surface area (Å²) >= 11 is 0. The number of carbonyl (C=O) groups is 1. The minimum absolute atomic E-state index is 0.196. The van der Waals surface area contributed by atoms with Crippen LogP contribution in [0.3, 0.4) is 0 Å². The van der Waals surface area contributed by atoms with Crippen LogP contribution in [0.4, 0.5) is 0 Å². The van der Waals surface area contributed by atoms with Crippen LogP contribution in [0.15, 0.2) is 6.20 Å². The number of methoxy groups -OCH3 is 1. The maximum absolute atomic E-state index is 10.9. The maximum atomic E-state index is 10.9. The quantitative estimate of drug-likeness (QED) is 0.719. The number of hydrogen-bond donors (Lipinski definition) is 0. The lowest BCUT2D eigenvalue weighted by molar-refractivity contribution is -0.117. The third-order valence-electron chi connectivity index (χ3n) is 2.28. The van der Waals surface area contributed by atoms with E-state index in [1.165, 1.54) is 0 Å². The molecule has 0 saturated heterocycles. The summed E-state index contributed by atoms with van der Waals surface area (Å²) in [5.41, 5.74) is 1.02. The zero-order chi connectivity index (χ0) is 11.3. The van der Waals surface area contributed by atoms with E-state index in [4.69, 9.17) is 4.74 Å². The minimum atomic E-state index is 0.196. The van der Waals surface area contributed by atoms with Crippen molar-refractivity contribution in [2.24, 2.45) is 0 Å². The molecule has 4 nitrogen and oxygen atoms in total. The molecule has 0 atom stereocenters. The van der Waals surface area contributed by atoms with Crippen LogP contribution in [0.5, 0.6) is 5.75 Å². The van der Waals surface area contributed by atoms with Crippen molar-refractivity contribution < 1.29 is 9.53 Å². The number of ketones is 1. The predicted octanol–water partition coefficient (Wildman–Crippen LogP) is 1.82. The molecule has 0 aromatic carbocycles. The minimum Gasteiger partial charge on any atom is -0.493 e. The Balaban J connectivity index is 2.79. The van der Waals surface area contributed by atoms with Crippen LogP contribution in [-0.2, 0) is 17.8 Å². The molecule has 0 spiro atoms. The van der Waals surface area contributed by atoms with E-state index in [0.717, 1.165) is 24.4 Å². The molecule has 0 aliphatic heterocycles. The van der Waals surface area contributed by atoms with Crippen molar-refractivity contribution in [1.29, 1.82) is 0 Å². The van der Waals surface area contributed by atoms with Crippen LogP contribution < -0.4 is 4.74 Å². The van der Waals surface area contributed by atoms with Gasteiger partial charge in [0.05, 0.1) is 19.0 Å². The molecule has 0 bridgehead atoms.